The van der Waals surface area contributed by atoms with E-state index in [1.165, 1.54) is 24.3 Å². The van der Waals surface area contributed by atoms with Gasteiger partial charge in [-0.05, 0) is 12.1 Å². The SMILES string of the molecule is CC(=O)NN(c1ccccc1)c1c(F)c(F)c(F)c(F)c1F. The van der Waals surface area contributed by atoms with E-state index in [1.807, 2.05) is 5.43 Å². The second kappa shape index (κ2) is 6.00. The second-order valence-electron chi connectivity index (χ2n) is 4.26. The van der Waals surface area contributed by atoms with E-state index in [4.69, 9.17) is 0 Å². The Kier molecular flexibility index (Phi) is 4.30. The predicted molar refractivity (Wildman–Crippen MR) is 68.6 cm³/mol. The summed E-state index contributed by atoms with van der Waals surface area (Å²) in [5.74, 6) is -11.3. The number of nitrogens with one attached hydrogen (secondary N) is 1. The van der Waals surface area contributed by atoms with Gasteiger partial charge >= 0.3 is 0 Å². The van der Waals surface area contributed by atoms with Crippen LogP contribution in [0.5, 0.6) is 0 Å². The monoisotopic (exact) mass is 316 g/mol. The smallest absolute Gasteiger partial charge is 0.235 e. The fourth-order valence-corrected chi connectivity index (χ4v) is 1.77. The Bertz CT molecular complexity index is 692. The predicted octanol–water partition coefficient (Wildman–Crippen LogP) is 3.57. The lowest BCUT2D eigenvalue weighted by Crippen LogP contribution is -2.39. The Morgan fingerprint density at radius 3 is 1.77 bits per heavy atom. The molecule has 0 saturated heterocycles. The summed E-state index contributed by atoms with van der Waals surface area (Å²) in [6.45, 7) is 1.03. The minimum absolute atomic E-state index is 0.0147. The van der Waals surface area contributed by atoms with Crippen LogP contribution in [0.1, 0.15) is 6.92 Å². The van der Waals surface area contributed by atoms with Crippen molar-refractivity contribution in [3.63, 3.8) is 0 Å². The molecule has 0 heterocycles. The van der Waals surface area contributed by atoms with E-state index in [0.29, 0.717) is 5.01 Å². The van der Waals surface area contributed by atoms with E-state index in [-0.39, 0.29) is 5.69 Å². The van der Waals surface area contributed by atoms with Gasteiger partial charge in [-0.3, -0.25) is 10.2 Å². The Morgan fingerprint density at radius 2 is 1.32 bits per heavy atom. The number of hydrogen-bond donors (Lipinski definition) is 1. The van der Waals surface area contributed by atoms with Gasteiger partial charge < -0.3 is 0 Å². The summed E-state index contributed by atoms with van der Waals surface area (Å²) in [5, 5.41) is 0.499. The first kappa shape index (κ1) is 15.7. The van der Waals surface area contributed by atoms with Gasteiger partial charge in [0, 0.05) is 6.92 Å². The van der Waals surface area contributed by atoms with Crippen LogP contribution in [0.15, 0.2) is 30.3 Å². The molecule has 1 amide bonds. The molecular weight excluding hydrogens is 307 g/mol. The normalized spacial score (nSPS) is 10.5. The first-order valence-corrected chi connectivity index (χ1v) is 5.98. The summed E-state index contributed by atoms with van der Waals surface area (Å²) in [4.78, 5) is 11.2. The van der Waals surface area contributed by atoms with Crippen molar-refractivity contribution in [3.05, 3.63) is 59.4 Å². The third-order valence-electron chi connectivity index (χ3n) is 2.69. The van der Waals surface area contributed by atoms with Crippen molar-refractivity contribution in [2.24, 2.45) is 0 Å². The molecule has 1 N–H and O–H groups in total. The molecule has 0 bridgehead atoms. The topological polar surface area (TPSA) is 32.3 Å². The van der Waals surface area contributed by atoms with Crippen molar-refractivity contribution in [2.45, 2.75) is 6.92 Å². The zero-order chi connectivity index (χ0) is 16.4. The summed E-state index contributed by atoms with van der Waals surface area (Å²) in [7, 11) is 0. The van der Waals surface area contributed by atoms with Gasteiger partial charge in [0.15, 0.2) is 23.3 Å². The lowest BCUT2D eigenvalue weighted by atomic mass is 10.2. The molecule has 0 aliphatic carbocycles. The number of anilines is 2. The minimum Gasteiger partial charge on any atom is -0.274 e. The Hall–Kier alpha value is -2.64. The quantitative estimate of drug-likeness (QED) is 0.406. The van der Waals surface area contributed by atoms with Crippen LogP contribution in [0.3, 0.4) is 0 Å². The molecule has 0 aromatic heterocycles. The zero-order valence-corrected chi connectivity index (χ0v) is 11.1. The van der Waals surface area contributed by atoms with Crippen LogP contribution in [0, 0.1) is 29.1 Å². The highest BCUT2D eigenvalue weighted by atomic mass is 19.2. The first-order valence-electron chi connectivity index (χ1n) is 5.98. The highest BCUT2D eigenvalue weighted by Gasteiger charge is 2.30. The Balaban J connectivity index is 2.70. The van der Waals surface area contributed by atoms with E-state index in [1.54, 1.807) is 6.07 Å². The number of amides is 1. The summed E-state index contributed by atoms with van der Waals surface area (Å²) in [6.07, 6.45) is 0. The van der Waals surface area contributed by atoms with Crippen molar-refractivity contribution < 1.29 is 26.7 Å². The molecule has 22 heavy (non-hydrogen) atoms. The van der Waals surface area contributed by atoms with Gasteiger partial charge in [0.25, 0.3) is 0 Å². The van der Waals surface area contributed by atoms with Crippen LogP contribution in [-0.2, 0) is 4.79 Å². The molecule has 0 spiro atoms. The van der Waals surface area contributed by atoms with Crippen molar-refractivity contribution in [1.29, 1.82) is 0 Å². The van der Waals surface area contributed by atoms with Crippen molar-refractivity contribution in [1.82, 2.24) is 5.43 Å². The van der Waals surface area contributed by atoms with E-state index in [2.05, 4.69) is 0 Å². The number of hydrazine groups is 1. The molecule has 0 radical (unpaired) electrons. The number of para-hydroxylation sites is 1. The summed E-state index contributed by atoms with van der Waals surface area (Å²) >= 11 is 0. The van der Waals surface area contributed by atoms with Crippen molar-refractivity contribution >= 4 is 17.3 Å². The maximum atomic E-state index is 13.9. The second-order valence-corrected chi connectivity index (χ2v) is 4.26. The van der Waals surface area contributed by atoms with Gasteiger partial charge in [0.05, 0.1) is 5.69 Å². The van der Waals surface area contributed by atoms with Gasteiger partial charge in [-0.2, -0.15) is 0 Å². The van der Waals surface area contributed by atoms with Crippen molar-refractivity contribution in [2.75, 3.05) is 5.01 Å². The van der Waals surface area contributed by atoms with Crippen molar-refractivity contribution in [3.8, 4) is 0 Å². The maximum Gasteiger partial charge on any atom is 0.235 e. The highest BCUT2D eigenvalue weighted by molar-refractivity contribution is 5.78. The number of benzene rings is 2. The van der Waals surface area contributed by atoms with Gasteiger partial charge in [-0.25, -0.2) is 27.0 Å². The summed E-state index contributed by atoms with van der Waals surface area (Å²) in [6, 6.07) is 7.17. The number of hydrogen-bond acceptors (Lipinski definition) is 2. The van der Waals surface area contributed by atoms with Crippen LogP contribution < -0.4 is 10.4 Å². The number of rotatable bonds is 3. The first-order chi connectivity index (χ1) is 10.3. The van der Waals surface area contributed by atoms with Crippen LogP contribution >= 0.6 is 0 Å². The molecule has 116 valence electrons. The fraction of sp³-hybridized carbons (Fsp3) is 0.0714. The molecule has 0 saturated carbocycles. The lowest BCUT2D eigenvalue weighted by Gasteiger charge is -2.25. The summed E-state index contributed by atoms with van der Waals surface area (Å²) < 4.78 is 67.5. The maximum absolute atomic E-state index is 13.9. The highest BCUT2D eigenvalue weighted by Crippen LogP contribution is 2.33. The number of carbonyl (C=O) groups excluding carboxylic acids is 1. The van der Waals surface area contributed by atoms with Gasteiger partial charge in [0.1, 0.15) is 5.69 Å². The Morgan fingerprint density at radius 1 is 0.864 bits per heavy atom. The molecule has 0 aliphatic heterocycles. The molecule has 2 aromatic rings. The average molecular weight is 316 g/mol. The molecule has 2 rings (SSSR count). The Labute approximate surface area is 121 Å². The van der Waals surface area contributed by atoms with E-state index >= 15 is 0 Å². The third-order valence-corrected chi connectivity index (χ3v) is 2.69. The fourth-order valence-electron chi connectivity index (χ4n) is 1.77. The van der Waals surface area contributed by atoms with Gasteiger partial charge in [-0.1, -0.05) is 18.2 Å². The van der Waals surface area contributed by atoms with E-state index in [9.17, 15) is 26.7 Å². The standard InChI is InChI=1S/C14H9F5N2O/c1-7(22)20-21(8-5-3-2-4-6-8)14-12(18)10(16)9(15)11(17)13(14)19/h2-6H,1H3,(H,20,22). The molecule has 0 atom stereocenters. The van der Waals surface area contributed by atoms with E-state index < -0.39 is 40.7 Å². The third kappa shape index (κ3) is 2.72. The molecular formula is C14H9F5N2O. The molecule has 0 unspecified atom stereocenters. The lowest BCUT2D eigenvalue weighted by molar-refractivity contribution is -0.118. The van der Waals surface area contributed by atoms with Crippen LogP contribution in [0.4, 0.5) is 33.3 Å². The zero-order valence-electron chi connectivity index (χ0n) is 11.1. The van der Waals surface area contributed by atoms with Gasteiger partial charge in [-0.15, -0.1) is 0 Å². The number of carbonyl (C=O) groups is 1. The summed E-state index contributed by atoms with van der Waals surface area (Å²) in [5.41, 5.74) is 0.775. The van der Waals surface area contributed by atoms with E-state index in [0.717, 1.165) is 6.92 Å². The van der Waals surface area contributed by atoms with Gasteiger partial charge in [0.2, 0.25) is 11.7 Å². The van der Waals surface area contributed by atoms with Crippen LogP contribution in [0.25, 0.3) is 0 Å². The number of halogens is 5. The molecule has 0 fully saturated rings. The number of nitrogens with zero attached hydrogens (tertiary/aromatic N) is 1. The molecule has 8 heteroatoms. The molecule has 3 nitrogen and oxygen atoms in total. The average Bonchev–Trinajstić information content (AvgIpc) is 2.50. The molecule has 0 aliphatic rings. The minimum atomic E-state index is -2.27. The molecule has 2 aromatic carbocycles. The largest absolute Gasteiger partial charge is 0.274 e. The van der Waals surface area contributed by atoms with Crippen LogP contribution in [-0.4, -0.2) is 5.91 Å². The van der Waals surface area contributed by atoms with Crippen LogP contribution in [0.2, 0.25) is 0 Å².